The molecule has 0 amide bonds. The monoisotopic (exact) mass is 288 g/mol. The van der Waals surface area contributed by atoms with Crippen molar-refractivity contribution in [1.29, 1.82) is 0 Å². The van der Waals surface area contributed by atoms with E-state index >= 15 is 0 Å². The maximum absolute atomic E-state index is 12.6. The zero-order valence-electron chi connectivity index (χ0n) is 11.3. The summed E-state index contributed by atoms with van der Waals surface area (Å²) in [5.74, 6) is -0.621. The summed E-state index contributed by atoms with van der Waals surface area (Å²) < 4.78 is 42.5. The Hall–Kier alpha value is -2.05. The van der Waals surface area contributed by atoms with E-state index in [1.807, 2.05) is 0 Å². The molecule has 4 nitrogen and oxygen atoms in total. The minimum Gasteiger partial charge on any atom is -0.461 e. The number of esters is 1. The van der Waals surface area contributed by atoms with Gasteiger partial charge in [-0.25, -0.2) is 4.79 Å². The van der Waals surface area contributed by atoms with Crippen LogP contribution in [0.5, 0.6) is 0 Å². The summed E-state index contributed by atoms with van der Waals surface area (Å²) >= 11 is 0. The van der Waals surface area contributed by atoms with E-state index in [1.54, 1.807) is 13.8 Å². The molecule has 0 saturated heterocycles. The van der Waals surface area contributed by atoms with Crippen molar-refractivity contribution in [2.75, 3.05) is 12.0 Å². The van der Waals surface area contributed by atoms with E-state index in [0.717, 1.165) is 12.1 Å². The summed E-state index contributed by atoms with van der Waals surface area (Å²) in [6, 6.07) is 3.26. The van der Waals surface area contributed by atoms with Crippen LogP contribution in [0.2, 0.25) is 0 Å². The fourth-order valence-corrected chi connectivity index (χ4v) is 1.34. The van der Waals surface area contributed by atoms with Crippen molar-refractivity contribution in [2.45, 2.75) is 26.9 Å². The van der Waals surface area contributed by atoms with E-state index in [0.29, 0.717) is 5.56 Å². The van der Waals surface area contributed by atoms with Crippen molar-refractivity contribution in [1.82, 2.24) is 0 Å². The number of rotatable bonds is 4. The third-order valence-corrected chi connectivity index (χ3v) is 2.48. The van der Waals surface area contributed by atoms with E-state index in [9.17, 15) is 18.0 Å². The fraction of sp³-hybridized carbons (Fsp3) is 0.385. The van der Waals surface area contributed by atoms with Crippen molar-refractivity contribution in [2.24, 2.45) is 5.10 Å². The number of ether oxygens (including phenoxy) is 1. The highest BCUT2D eigenvalue weighted by Crippen LogP contribution is 2.31. The van der Waals surface area contributed by atoms with Crippen molar-refractivity contribution in [3.8, 4) is 0 Å². The quantitative estimate of drug-likeness (QED) is 0.525. The highest BCUT2D eigenvalue weighted by Gasteiger charge is 2.30. The van der Waals surface area contributed by atoms with Gasteiger partial charge in [-0.3, -0.25) is 5.43 Å². The number of hydrogen-bond donors (Lipinski definition) is 1. The fourth-order valence-electron chi connectivity index (χ4n) is 1.34. The summed E-state index contributed by atoms with van der Waals surface area (Å²) in [5, 5.41) is 3.72. The van der Waals surface area contributed by atoms with Crippen LogP contribution in [-0.4, -0.2) is 18.3 Å². The molecule has 0 aromatic heterocycles. The SMILES string of the molecule is CCOC(=O)/C(C)=N\Nc1cc(C(F)(F)F)ccc1C. The van der Waals surface area contributed by atoms with Crippen molar-refractivity contribution in [3.05, 3.63) is 29.3 Å². The van der Waals surface area contributed by atoms with E-state index in [1.165, 1.54) is 13.0 Å². The van der Waals surface area contributed by atoms with Gasteiger partial charge < -0.3 is 4.74 Å². The van der Waals surface area contributed by atoms with Gasteiger partial charge in [0.05, 0.1) is 17.9 Å². The van der Waals surface area contributed by atoms with Crippen molar-refractivity contribution in [3.63, 3.8) is 0 Å². The van der Waals surface area contributed by atoms with Crippen LogP contribution in [0.1, 0.15) is 25.0 Å². The molecule has 0 spiro atoms. The molecule has 0 heterocycles. The Morgan fingerprint density at radius 3 is 2.60 bits per heavy atom. The molecule has 7 heteroatoms. The zero-order chi connectivity index (χ0) is 15.3. The Morgan fingerprint density at radius 2 is 2.05 bits per heavy atom. The van der Waals surface area contributed by atoms with Crippen molar-refractivity contribution >= 4 is 17.4 Å². The van der Waals surface area contributed by atoms with Gasteiger partial charge in [-0.1, -0.05) is 6.07 Å². The number of anilines is 1. The lowest BCUT2D eigenvalue weighted by Crippen LogP contribution is -2.15. The molecule has 0 aliphatic carbocycles. The lowest BCUT2D eigenvalue weighted by molar-refractivity contribution is -0.137. The lowest BCUT2D eigenvalue weighted by atomic mass is 10.1. The zero-order valence-corrected chi connectivity index (χ0v) is 11.3. The second-order valence-electron chi connectivity index (χ2n) is 4.06. The Morgan fingerprint density at radius 1 is 1.40 bits per heavy atom. The summed E-state index contributed by atoms with van der Waals surface area (Å²) in [4.78, 5) is 11.3. The van der Waals surface area contributed by atoms with E-state index in [4.69, 9.17) is 4.74 Å². The molecule has 0 radical (unpaired) electrons. The molecule has 0 unspecified atom stereocenters. The normalized spacial score (nSPS) is 12.2. The smallest absolute Gasteiger partial charge is 0.416 e. The van der Waals surface area contributed by atoms with Crippen molar-refractivity contribution < 1.29 is 22.7 Å². The van der Waals surface area contributed by atoms with Gasteiger partial charge >= 0.3 is 12.1 Å². The molecule has 0 atom stereocenters. The topological polar surface area (TPSA) is 50.7 Å². The second-order valence-corrected chi connectivity index (χ2v) is 4.06. The first-order chi connectivity index (χ1) is 9.25. The van der Waals surface area contributed by atoms with Crippen LogP contribution in [0.3, 0.4) is 0 Å². The van der Waals surface area contributed by atoms with Crippen LogP contribution in [0.4, 0.5) is 18.9 Å². The number of nitrogens with zero attached hydrogens (tertiary/aromatic N) is 1. The third kappa shape index (κ3) is 4.25. The van der Waals surface area contributed by atoms with Gasteiger partial charge in [-0.05, 0) is 38.5 Å². The summed E-state index contributed by atoms with van der Waals surface area (Å²) in [6.45, 7) is 4.90. The minimum atomic E-state index is -4.43. The molecule has 0 saturated carbocycles. The van der Waals surface area contributed by atoms with Gasteiger partial charge in [0.25, 0.3) is 0 Å². The number of hydrogen-bond acceptors (Lipinski definition) is 4. The minimum absolute atomic E-state index is 0.0312. The van der Waals surface area contributed by atoms with Crippen LogP contribution < -0.4 is 5.43 Å². The first-order valence-corrected chi connectivity index (χ1v) is 5.91. The van der Waals surface area contributed by atoms with Gasteiger partial charge in [-0.15, -0.1) is 0 Å². The van der Waals surface area contributed by atoms with Crippen LogP contribution in [0, 0.1) is 6.92 Å². The Labute approximate surface area is 114 Å². The molecular formula is C13H15F3N2O2. The molecule has 20 heavy (non-hydrogen) atoms. The molecule has 110 valence electrons. The number of hydrazone groups is 1. The van der Waals surface area contributed by atoms with Gasteiger partial charge in [0.15, 0.2) is 0 Å². The van der Waals surface area contributed by atoms with Crippen LogP contribution in [-0.2, 0) is 15.7 Å². The number of nitrogens with one attached hydrogen (secondary N) is 1. The Balaban J connectivity index is 2.92. The van der Waals surface area contributed by atoms with E-state index in [-0.39, 0.29) is 18.0 Å². The molecule has 0 fully saturated rings. The third-order valence-electron chi connectivity index (χ3n) is 2.48. The molecule has 0 aliphatic rings. The number of halogens is 3. The standard InChI is InChI=1S/C13H15F3N2O2/c1-4-20-12(19)9(3)17-18-11-7-10(13(14,15)16)6-5-8(11)2/h5-7,18H,4H2,1-3H3/b17-9-. The molecule has 0 aliphatic heterocycles. The predicted molar refractivity (Wildman–Crippen MR) is 69.5 cm³/mol. The van der Waals surface area contributed by atoms with Gasteiger partial charge in [0, 0.05) is 0 Å². The van der Waals surface area contributed by atoms with Gasteiger partial charge in [-0.2, -0.15) is 18.3 Å². The highest BCUT2D eigenvalue weighted by molar-refractivity contribution is 6.35. The van der Waals surface area contributed by atoms with Crippen LogP contribution in [0.25, 0.3) is 0 Å². The van der Waals surface area contributed by atoms with Crippen LogP contribution >= 0.6 is 0 Å². The Bertz CT molecular complexity index is 525. The number of benzene rings is 1. The number of carbonyl (C=O) groups is 1. The van der Waals surface area contributed by atoms with Gasteiger partial charge in [0.2, 0.25) is 0 Å². The van der Waals surface area contributed by atoms with Crippen LogP contribution in [0.15, 0.2) is 23.3 Å². The molecule has 1 aromatic carbocycles. The molecule has 1 rings (SSSR count). The predicted octanol–water partition coefficient (Wildman–Crippen LogP) is 3.36. The van der Waals surface area contributed by atoms with Gasteiger partial charge in [0.1, 0.15) is 5.71 Å². The largest absolute Gasteiger partial charge is 0.461 e. The number of carbonyl (C=O) groups excluding carboxylic acids is 1. The van der Waals surface area contributed by atoms with E-state index < -0.39 is 17.7 Å². The lowest BCUT2D eigenvalue weighted by Gasteiger charge is -2.11. The first-order valence-electron chi connectivity index (χ1n) is 5.91. The van der Waals surface area contributed by atoms with E-state index in [2.05, 4.69) is 10.5 Å². The molecular weight excluding hydrogens is 273 g/mol. The Kier molecular flexibility index (Phi) is 5.12. The second kappa shape index (κ2) is 6.40. The summed E-state index contributed by atoms with van der Waals surface area (Å²) in [5.41, 5.74) is 2.47. The average Bonchev–Trinajstić information content (AvgIpc) is 2.36. The molecule has 1 aromatic rings. The first kappa shape index (κ1) is 16.0. The average molecular weight is 288 g/mol. The summed E-state index contributed by atoms with van der Waals surface area (Å²) in [6.07, 6.45) is -4.43. The molecule has 1 N–H and O–H groups in total. The number of alkyl halides is 3. The number of aryl methyl sites for hydroxylation is 1. The highest BCUT2D eigenvalue weighted by atomic mass is 19.4. The molecule has 0 bridgehead atoms. The maximum Gasteiger partial charge on any atom is 0.416 e. The summed E-state index contributed by atoms with van der Waals surface area (Å²) in [7, 11) is 0. The maximum atomic E-state index is 12.6.